The van der Waals surface area contributed by atoms with Gasteiger partial charge in [0.05, 0.1) is 15.4 Å². The molecule has 0 unspecified atom stereocenters. The minimum atomic E-state index is -3.85. The fourth-order valence-electron chi connectivity index (χ4n) is 3.05. The van der Waals surface area contributed by atoms with E-state index in [1.165, 1.54) is 12.1 Å². The number of anilines is 1. The van der Waals surface area contributed by atoms with Crippen LogP contribution in [0.1, 0.15) is 15.9 Å². The van der Waals surface area contributed by atoms with Crippen LogP contribution in [0.15, 0.2) is 46.2 Å². The maximum Gasteiger partial charge on any atom is 0.207 e. The number of halogens is 1. The number of benzene rings is 2. The standard InChI is InChI=1S/C18H19ClN2O3S/c1-13-5-6-14(19)11-18(13)25(23,24)17-4-2-3-16(15(17)12-22)21-9-7-20-8-10-21/h2-6,11-12,20H,7-10H2,1H3. The maximum atomic E-state index is 13.2. The summed E-state index contributed by atoms with van der Waals surface area (Å²) in [4.78, 5) is 14.0. The van der Waals surface area contributed by atoms with Crippen molar-refractivity contribution in [3.63, 3.8) is 0 Å². The monoisotopic (exact) mass is 378 g/mol. The van der Waals surface area contributed by atoms with E-state index in [9.17, 15) is 13.2 Å². The van der Waals surface area contributed by atoms with Crippen molar-refractivity contribution in [1.82, 2.24) is 5.32 Å². The zero-order chi connectivity index (χ0) is 18.0. The van der Waals surface area contributed by atoms with Crippen LogP contribution in [0.25, 0.3) is 0 Å². The van der Waals surface area contributed by atoms with Gasteiger partial charge in [0.2, 0.25) is 9.84 Å². The molecule has 0 amide bonds. The number of aryl methyl sites for hydroxylation is 1. The van der Waals surface area contributed by atoms with Crippen molar-refractivity contribution in [2.75, 3.05) is 31.1 Å². The quantitative estimate of drug-likeness (QED) is 0.828. The predicted octanol–water partition coefficient (Wildman–Crippen LogP) is 2.70. The van der Waals surface area contributed by atoms with Crippen LogP contribution < -0.4 is 10.2 Å². The van der Waals surface area contributed by atoms with E-state index in [2.05, 4.69) is 5.32 Å². The van der Waals surface area contributed by atoms with Crippen LogP contribution in [-0.4, -0.2) is 40.9 Å². The second-order valence-corrected chi connectivity index (χ2v) is 8.28. The molecule has 0 saturated carbocycles. The van der Waals surface area contributed by atoms with Gasteiger partial charge in [0.15, 0.2) is 6.29 Å². The highest BCUT2D eigenvalue weighted by atomic mass is 35.5. The molecule has 0 bridgehead atoms. The molecular formula is C18H19ClN2O3S. The molecule has 1 N–H and O–H groups in total. The predicted molar refractivity (Wildman–Crippen MR) is 98.6 cm³/mol. The van der Waals surface area contributed by atoms with Gasteiger partial charge in [-0.05, 0) is 36.8 Å². The van der Waals surface area contributed by atoms with Crippen LogP contribution >= 0.6 is 11.6 Å². The number of nitrogens with one attached hydrogen (secondary N) is 1. The van der Waals surface area contributed by atoms with Gasteiger partial charge in [-0.2, -0.15) is 0 Å². The van der Waals surface area contributed by atoms with Crippen LogP contribution in [0, 0.1) is 6.92 Å². The van der Waals surface area contributed by atoms with E-state index in [0.717, 1.165) is 26.2 Å². The minimum Gasteiger partial charge on any atom is -0.368 e. The lowest BCUT2D eigenvalue weighted by atomic mass is 10.1. The number of aldehydes is 1. The molecule has 0 aromatic heterocycles. The molecule has 25 heavy (non-hydrogen) atoms. The molecule has 0 atom stereocenters. The highest BCUT2D eigenvalue weighted by Crippen LogP contribution is 2.32. The normalized spacial score (nSPS) is 15.2. The van der Waals surface area contributed by atoms with Crippen molar-refractivity contribution >= 4 is 33.4 Å². The number of sulfone groups is 1. The Hall–Kier alpha value is -1.89. The summed E-state index contributed by atoms with van der Waals surface area (Å²) in [6.07, 6.45) is 0.629. The Labute approximate surface area is 152 Å². The van der Waals surface area contributed by atoms with Crippen LogP contribution in [0.3, 0.4) is 0 Å². The fraction of sp³-hybridized carbons (Fsp3) is 0.278. The Morgan fingerprint density at radius 3 is 2.52 bits per heavy atom. The topological polar surface area (TPSA) is 66.5 Å². The van der Waals surface area contributed by atoms with Gasteiger partial charge >= 0.3 is 0 Å². The van der Waals surface area contributed by atoms with Gasteiger partial charge in [0.25, 0.3) is 0 Å². The molecule has 1 aliphatic rings. The molecule has 1 saturated heterocycles. The number of rotatable bonds is 4. The maximum absolute atomic E-state index is 13.2. The van der Waals surface area contributed by atoms with Crippen molar-refractivity contribution < 1.29 is 13.2 Å². The third kappa shape index (κ3) is 3.42. The zero-order valence-corrected chi connectivity index (χ0v) is 15.4. The summed E-state index contributed by atoms with van der Waals surface area (Å²) in [5, 5.41) is 3.59. The van der Waals surface area contributed by atoms with Crippen LogP contribution in [0.5, 0.6) is 0 Å². The highest BCUT2D eigenvalue weighted by molar-refractivity contribution is 7.91. The molecule has 0 spiro atoms. The Kier molecular flexibility index (Phi) is 5.13. The number of nitrogens with zero attached hydrogens (tertiary/aromatic N) is 1. The second-order valence-electron chi connectivity index (χ2n) is 5.96. The summed E-state index contributed by atoms with van der Waals surface area (Å²) in [5.74, 6) is 0. The van der Waals surface area contributed by atoms with Gasteiger partial charge in [-0.1, -0.05) is 23.7 Å². The Morgan fingerprint density at radius 2 is 1.84 bits per heavy atom. The number of hydrogen-bond donors (Lipinski definition) is 1. The largest absolute Gasteiger partial charge is 0.368 e. The summed E-state index contributed by atoms with van der Waals surface area (Å²) in [7, 11) is -3.85. The lowest BCUT2D eigenvalue weighted by Gasteiger charge is -2.30. The number of carbonyl (C=O) groups excluding carboxylic acids is 1. The Morgan fingerprint density at radius 1 is 1.12 bits per heavy atom. The van der Waals surface area contributed by atoms with E-state index >= 15 is 0 Å². The first-order valence-electron chi connectivity index (χ1n) is 8.00. The lowest BCUT2D eigenvalue weighted by molar-refractivity contribution is 0.112. The van der Waals surface area contributed by atoms with Gasteiger partial charge < -0.3 is 10.2 Å². The van der Waals surface area contributed by atoms with Gasteiger partial charge in [0, 0.05) is 36.9 Å². The first-order chi connectivity index (χ1) is 11.9. The fourth-order valence-corrected chi connectivity index (χ4v) is 5.00. The van der Waals surface area contributed by atoms with Crippen LogP contribution in [0.2, 0.25) is 5.02 Å². The summed E-state index contributed by atoms with van der Waals surface area (Å²) in [5.41, 5.74) is 1.44. The van der Waals surface area contributed by atoms with Gasteiger partial charge in [-0.3, -0.25) is 4.79 Å². The van der Waals surface area contributed by atoms with Gasteiger partial charge in [-0.25, -0.2) is 8.42 Å². The van der Waals surface area contributed by atoms with Crippen molar-refractivity contribution in [3.05, 3.63) is 52.5 Å². The molecule has 3 rings (SSSR count). The Bertz CT molecular complexity index is 907. The average Bonchev–Trinajstić information content (AvgIpc) is 2.63. The number of hydrogen-bond acceptors (Lipinski definition) is 5. The molecule has 0 aliphatic carbocycles. The molecule has 1 aliphatic heterocycles. The van der Waals surface area contributed by atoms with Crippen LogP contribution in [0.4, 0.5) is 5.69 Å². The van der Waals surface area contributed by atoms with E-state index in [0.29, 0.717) is 22.6 Å². The van der Waals surface area contributed by atoms with Crippen molar-refractivity contribution in [3.8, 4) is 0 Å². The van der Waals surface area contributed by atoms with Crippen molar-refractivity contribution in [2.45, 2.75) is 16.7 Å². The summed E-state index contributed by atoms with van der Waals surface area (Å²) < 4.78 is 26.3. The average molecular weight is 379 g/mol. The first kappa shape index (κ1) is 17.9. The summed E-state index contributed by atoms with van der Waals surface area (Å²) in [6, 6.07) is 9.68. The van der Waals surface area contributed by atoms with Gasteiger partial charge in [-0.15, -0.1) is 0 Å². The summed E-state index contributed by atoms with van der Waals surface area (Å²) >= 11 is 5.99. The lowest BCUT2D eigenvalue weighted by Crippen LogP contribution is -2.44. The first-order valence-corrected chi connectivity index (χ1v) is 9.86. The van der Waals surface area contributed by atoms with E-state index in [1.807, 2.05) is 4.90 Å². The molecule has 2 aromatic carbocycles. The van der Waals surface area contributed by atoms with Crippen molar-refractivity contribution in [1.29, 1.82) is 0 Å². The smallest absolute Gasteiger partial charge is 0.207 e. The molecule has 2 aromatic rings. The van der Waals surface area contributed by atoms with Gasteiger partial charge in [0.1, 0.15) is 0 Å². The van der Waals surface area contributed by atoms with E-state index < -0.39 is 9.84 Å². The molecule has 5 nitrogen and oxygen atoms in total. The number of piperazine rings is 1. The minimum absolute atomic E-state index is 0.0175. The molecule has 0 radical (unpaired) electrons. The second kappa shape index (κ2) is 7.15. The molecule has 1 heterocycles. The van der Waals surface area contributed by atoms with Crippen molar-refractivity contribution in [2.24, 2.45) is 0 Å². The SMILES string of the molecule is Cc1ccc(Cl)cc1S(=O)(=O)c1cccc(N2CCNCC2)c1C=O. The van der Waals surface area contributed by atoms with Crippen LogP contribution in [-0.2, 0) is 9.84 Å². The van der Waals surface area contributed by atoms with E-state index in [-0.39, 0.29) is 15.4 Å². The van der Waals surface area contributed by atoms with E-state index in [4.69, 9.17) is 11.6 Å². The zero-order valence-electron chi connectivity index (χ0n) is 13.8. The molecular weight excluding hydrogens is 360 g/mol. The van der Waals surface area contributed by atoms with E-state index in [1.54, 1.807) is 31.2 Å². The third-order valence-corrected chi connectivity index (χ3v) is 6.54. The summed E-state index contributed by atoms with van der Waals surface area (Å²) in [6.45, 7) is 4.75. The third-order valence-electron chi connectivity index (χ3n) is 4.35. The number of carbonyl (C=O) groups is 1. The molecule has 7 heteroatoms. The molecule has 1 fully saturated rings. The molecule has 132 valence electrons. The Balaban J connectivity index is 2.16. The highest BCUT2D eigenvalue weighted by Gasteiger charge is 2.26.